The Bertz CT molecular complexity index is 896. The lowest BCUT2D eigenvalue weighted by molar-refractivity contribution is -0.129. The first kappa shape index (κ1) is 20.5. The molecular weight excluding hydrogens is 452 g/mol. The molecule has 2 atom stereocenters. The lowest BCUT2D eigenvalue weighted by Gasteiger charge is -2.21. The van der Waals surface area contributed by atoms with Gasteiger partial charge in [0.1, 0.15) is 11.5 Å². The van der Waals surface area contributed by atoms with Crippen molar-refractivity contribution in [2.24, 2.45) is 5.92 Å². The minimum Gasteiger partial charge on any atom is -0.464 e. The molecule has 154 valence electrons. The third-order valence-electron chi connectivity index (χ3n) is 5.36. The Morgan fingerprint density at radius 2 is 2.03 bits per heavy atom. The number of amides is 2. The summed E-state index contributed by atoms with van der Waals surface area (Å²) in [5, 5.41) is 2.85. The number of thioether (sulfide) groups is 1. The van der Waals surface area contributed by atoms with Gasteiger partial charge in [0.2, 0.25) is 11.8 Å². The molecule has 29 heavy (non-hydrogen) atoms. The van der Waals surface area contributed by atoms with Gasteiger partial charge in [-0.15, -0.1) is 11.8 Å². The van der Waals surface area contributed by atoms with Crippen LogP contribution in [0.1, 0.15) is 43.6 Å². The van der Waals surface area contributed by atoms with E-state index in [2.05, 4.69) is 34.2 Å². The van der Waals surface area contributed by atoms with Crippen molar-refractivity contribution in [3.63, 3.8) is 0 Å². The monoisotopic (exact) mass is 476 g/mol. The second kappa shape index (κ2) is 8.96. The molecule has 7 heteroatoms. The van der Waals surface area contributed by atoms with Crippen molar-refractivity contribution in [2.45, 2.75) is 44.7 Å². The van der Waals surface area contributed by atoms with Gasteiger partial charge >= 0.3 is 0 Å². The topological polar surface area (TPSA) is 62.6 Å². The zero-order valence-corrected chi connectivity index (χ0v) is 18.8. The van der Waals surface area contributed by atoms with Crippen molar-refractivity contribution < 1.29 is 14.0 Å². The maximum absolute atomic E-state index is 12.7. The molecule has 2 aliphatic carbocycles. The molecular formula is C22H25BrN2O3S. The molecule has 0 spiro atoms. The number of nitrogens with zero attached hydrogens (tertiary/aromatic N) is 1. The van der Waals surface area contributed by atoms with Gasteiger partial charge in [-0.1, -0.05) is 28.9 Å². The number of hydrogen-bond acceptors (Lipinski definition) is 4. The lowest BCUT2D eigenvalue weighted by Crippen LogP contribution is -2.34. The summed E-state index contributed by atoms with van der Waals surface area (Å²) in [5.74, 6) is 3.68. The minimum atomic E-state index is -0.104. The highest BCUT2D eigenvalue weighted by Crippen LogP contribution is 2.47. The minimum absolute atomic E-state index is 0.0745. The van der Waals surface area contributed by atoms with E-state index in [1.807, 2.05) is 35.2 Å². The van der Waals surface area contributed by atoms with Crippen molar-refractivity contribution in [1.82, 2.24) is 4.90 Å². The molecule has 0 saturated heterocycles. The normalized spacial score (nSPS) is 20.3. The maximum Gasteiger partial charge on any atom is 0.234 e. The third-order valence-corrected chi connectivity index (χ3v) is 6.77. The number of carbonyl (C=O) groups is 2. The summed E-state index contributed by atoms with van der Waals surface area (Å²) in [4.78, 5) is 26.8. The summed E-state index contributed by atoms with van der Waals surface area (Å²) in [6.07, 6.45) is 3.29. The van der Waals surface area contributed by atoms with Crippen LogP contribution in [0.2, 0.25) is 0 Å². The van der Waals surface area contributed by atoms with E-state index in [4.69, 9.17) is 4.42 Å². The third kappa shape index (κ3) is 5.66. The van der Waals surface area contributed by atoms with Crippen LogP contribution in [0.4, 0.5) is 5.69 Å². The molecule has 2 unspecified atom stereocenters. The van der Waals surface area contributed by atoms with Gasteiger partial charge in [-0.25, -0.2) is 0 Å². The van der Waals surface area contributed by atoms with Crippen LogP contribution in [-0.2, 0) is 16.1 Å². The molecule has 1 aromatic heterocycles. The van der Waals surface area contributed by atoms with E-state index < -0.39 is 0 Å². The Morgan fingerprint density at radius 3 is 2.72 bits per heavy atom. The van der Waals surface area contributed by atoms with Crippen LogP contribution in [-0.4, -0.2) is 34.3 Å². The van der Waals surface area contributed by atoms with E-state index >= 15 is 0 Å². The average Bonchev–Trinajstić information content (AvgIpc) is 3.60. The lowest BCUT2D eigenvalue weighted by atomic mass is 10.3. The van der Waals surface area contributed by atoms with E-state index in [0.717, 1.165) is 34.5 Å². The smallest absolute Gasteiger partial charge is 0.234 e. The van der Waals surface area contributed by atoms with Crippen LogP contribution in [0.3, 0.4) is 0 Å². The summed E-state index contributed by atoms with van der Waals surface area (Å²) < 4.78 is 6.90. The number of hydrogen-bond donors (Lipinski definition) is 1. The first-order chi connectivity index (χ1) is 14.0. The fraction of sp³-hybridized carbons (Fsp3) is 0.455. The van der Waals surface area contributed by atoms with Crippen LogP contribution in [0.15, 0.2) is 45.3 Å². The molecule has 5 nitrogen and oxygen atoms in total. The van der Waals surface area contributed by atoms with Gasteiger partial charge in [0, 0.05) is 22.1 Å². The van der Waals surface area contributed by atoms with Gasteiger partial charge in [0.05, 0.1) is 18.1 Å². The van der Waals surface area contributed by atoms with Crippen LogP contribution in [0, 0.1) is 5.92 Å². The zero-order chi connectivity index (χ0) is 20.4. The quantitative estimate of drug-likeness (QED) is 0.551. The number of nitrogens with one attached hydrogen (secondary N) is 1. The van der Waals surface area contributed by atoms with E-state index in [9.17, 15) is 9.59 Å². The predicted molar refractivity (Wildman–Crippen MR) is 119 cm³/mol. The molecule has 4 rings (SSSR count). The average molecular weight is 477 g/mol. The fourth-order valence-corrected chi connectivity index (χ4v) is 4.55. The highest BCUT2D eigenvalue weighted by Gasteiger charge is 2.37. The number of benzene rings is 1. The Labute approximate surface area is 183 Å². The van der Waals surface area contributed by atoms with Crippen molar-refractivity contribution >= 4 is 45.2 Å². The van der Waals surface area contributed by atoms with Crippen molar-refractivity contribution in [3.8, 4) is 0 Å². The molecule has 0 aliphatic heterocycles. The SMILES string of the molecule is CC1CC1c1ccc(CN(C(=O)CSCC(=O)Nc2cccc(Br)c2)C2CC2)o1. The summed E-state index contributed by atoms with van der Waals surface area (Å²) in [6.45, 7) is 2.76. The second-order valence-corrected chi connectivity index (χ2v) is 9.83. The molecule has 1 aromatic carbocycles. The maximum atomic E-state index is 12.7. The number of carbonyl (C=O) groups excluding carboxylic acids is 2. The fourth-order valence-electron chi connectivity index (χ4n) is 3.45. The summed E-state index contributed by atoms with van der Waals surface area (Å²) in [6, 6.07) is 11.8. The van der Waals surface area contributed by atoms with Gasteiger partial charge in [-0.2, -0.15) is 0 Å². The highest BCUT2D eigenvalue weighted by molar-refractivity contribution is 9.10. The van der Waals surface area contributed by atoms with Gasteiger partial charge in [0.15, 0.2) is 0 Å². The summed E-state index contributed by atoms with van der Waals surface area (Å²) in [5.41, 5.74) is 0.745. The van der Waals surface area contributed by atoms with Crippen molar-refractivity contribution in [3.05, 3.63) is 52.4 Å². The van der Waals surface area contributed by atoms with Gasteiger partial charge in [-0.05, 0) is 55.5 Å². The van der Waals surface area contributed by atoms with Gasteiger partial charge in [0.25, 0.3) is 0 Å². The highest BCUT2D eigenvalue weighted by atomic mass is 79.9. The molecule has 2 aromatic rings. The Hall–Kier alpha value is -1.73. The Morgan fingerprint density at radius 1 is 1.24 bits per heavy atom. The Kier molecular flexibility index (Phi) is 6.35. The van der Waals surface area contributed by atoms with Crippen LogP contribution in [0.25, 0.3) is 0 Å². The summed E-state index contributed by atoms with van der Waals surface area (Å²) >= 11 is 4.74. The van der Waals surface area contributed by atoms with E-state index in [0.29, 0.717) is 30.2 Å². The molecule has 0 bridgehead atoms. The van der Waals surface area contributed by atoms with Crippen LogP contribution < -0.4 is 5.32 Å². The number of furan rings is 1. The molecule has 0 radical (unpaired) electrons. The molecule has 2 aliphatic rings. The van der Waals surface area contributed by atoms with Crippen LogP contribution in [0.5, 0.6) is 0 Å². The van der Waals surface area contributed by atoms with Crippen LogP contribution >= 0.6 is 27.7 Å². The van der Waals surface area contributed by atoms with E-state index in [1.54, 1.807) is 0 Å². The largest absolute Gasteiger partial charge is 0.464 e. The molecule has 2 amide bonds. The molecule has 2 saturated carbocycles. The first-order valence-electron chi connectivity index (χ1n) is 10.0. The predicted octanol–water partition coefficient (Wildman–Crippen LogP) is 5.03. The molecule has 1 N–H and O–H groups in total. The van der Waals surface area contributed by atoms with E-state index in [1.165, 1.54) is 18.2 Å². The van der Waals surface area contributed by atoms with Gasteiger partial charge < -0.3 is 14.6 Å². The summed E-state index contributed by atoms with van der Waals surface area (Å²) in [7, 11) is 0. The van der Waals surface area contributed by atoms with Gasteiger partial charge in [-0.3, -0.25) is 9.59 Å². The van der Waals surface area contributed by atoms with Crippen molar-refractivity contribution in [2.75, 3.05) is 16.8 Å². The number of anilines is 1. The van der Waals surface area contributed by atoms with Crippen molar-refractivity contribution in [1.29, 1.82) is 0 Å². The Balaban J connectivity index is 1.25. The zero-order valence-electron chi connectivity index (χ0n) is 16.4. The molecule has 2 fully saturated rings. The second-order valence-electron chi connectivity index (χ2n) is 7.93. The standard InChI is InChI=1S/C22H25BrN2O3S/c1-14-9-19(14)20-8-7-18(28-20)11-25(17-5-6-17)22(27)13-29-12-21(26)24-16-4-2-3-15(23)10-16/h2-4,7-8,10,14,17,19H,5-6,9,11-13H2,1H3,(H,24,26). The molecule has 1 heterocycles. The number of rotatable bonds is 9. The number of halogens is 1. The van der Waals surface area contributed by atoms with E-state index in [-0.39, 0.29) is 17.6 Å². The first-order valence-corrected chi connectivity index (χ1v) is 12.0.